The predicted molar refractivity (Wildman–Crippen MR) is 145 cm³/mol. The zero-order valence-electron chi connectivity index (χ0n) is 19.5. The third-order valence-electron chi connectivity index (χ3n) is 6.33. The summed E-state index contributed by atoms with van der Waals surface area (Å²) < 4.78 is 0. The van der Waals surface area contributed by atoms with Gasteiger partial charge in [-0.1, -0.05) is 13.0 Å². The van der Waals surface area contributed by atoms with E-state index in [1.165, 1.54) is 82.9 Å². The highest BCUT2D eigenvalue weighted by Gasteiger charge is 2.24. The highest BCUT2D eigenvalue weighted by atomic mass is 127. The molecule has 2 fully saturated rings. The van der Waals surface area contributed by atoms with E-state index < -0.39 is 0 Å². The van der Waals surface area contributed by atoms with Crippen molar-refractivity contribution >= 4 is 41.3 Å². The first-order chi connectivity index (χ1) is 14.8. The summed E-state index contributed by atoms with van der Waals surface area (Å²) in [4.78, 5) is 14.2. The van der Waals surface area contributed by atoms with Crippen molar-refractivity contribution in [2.24, 2.45) is 4.99 Å². The molecule has 2 N–H and O–H groups in total. The summed E-state index contributed by atoms with van der Waals surface area (Å²) in [6, 6.07) is 4.85. The molecule has 31 heavy (non-hydrogen) atoms. The number of aliphatic imine (C=N–C) groups is 1. The van der Waals surface area contributed by atoms with E-state index >= 15 is 0 Å². The molecule has 0 aromatic carbocycles. The minimum atomic E-state index is 0. The maximum absolute atomic E-state index is 4.96. The second-order valence-electron chi connectivity index (χ2n) is 8.40. The minimum Gasteiger partial charge on any atom is -0.357 e. The number of piperazine rings is 1. The smallest absolute Gasteiger partial charge is 0.191 e. The van der Waals surface area contributed by atoms with Gasteiger partial charge in [-0.15, -0.1) is 35.3 Å². The highest BCUT2D eigenvalue weighted by Crippen LogP contribution is 2.28. The number of likely N-dealkylation sites (tertiary alicyclic amines) is 1. The summed E-state index contributed by atoms with van der Waals surface area (Å²) in [5, 5.41) is 9.18. The molecule has 2 aliphatic rings. The number of nitrogens with zero attached hydrogens (tertiary/aromatic N) is 4. The van der Waals surface area contributed by atoms with E-state index in [2.05, 4.69) is 56.7 Å². The molecule has 3 heterocycles. The number of halogens is 1. The minimum absolute atomic E-state index is 0. The van der Waals surface area contributed by atoms with Crippen molar-refractivity contribution in [3.05, 3.63) is 22.4 Å². The largest absolute Gasteiger partial charge is 0.357 e. The third kappa shape index (κ3) is 9.15. The van der Waals surface area contributed by atoms with Crippen LogP contribution >= 0.6 is 35.3 Å². The first-order valence-electron chi connectivity index (χ1n) is 12.0. The number of hydrogen-bond acceptors (Lipinski definition) is 5. The van der Waals surface area contributed by atoms with Crippen molar-refractivity contribution in [3.8, 4) is 0 Å². The van der Waals surface area contributed by atoms with E-state index in [9.17, 15) is 0 Å². The first-order valence-corrected chi connectivity index (χ1v) is 12.9. The van der Waals surface area contributed by atoms with Gasteiger partial charge in [-0.2, -0.15) is 0 Å². The van der Waals surface area contributed by atoms with E-state index in [0.717, 1.165) is 25.6 Å². The van der Waals surface area contributed by atoms with Crippen molar-refractivity contribution in [2.75, 3.05) is 72.0 Å². The number of unbranched alkanes of at least 4 members (excludes halogenated alkanes) is 1. The Kier molecular flexibility index (Phi) is 13.3. The molecule has 0 bridgehead atoms. The zero-order chi connectivity index (χ0) is 21.0. The summed E-state index contributed by atoms with van der Waals surface area (Å²) in [6.45, 7) is 16.9. The lowest BCUT2D eigenvalue weighted by atomic mass is 10.2. The normalized spacial score (nSPS) is 19.9. The molecule has 0 radical (unpaired) electrons. The van der Waals surface area contributed by atoms with Gasteiger partial charge in [0.15, 0.2) is 5.96 Å². The van der Waals surface area contributed by atoms with E-state index in [4.69, 9.17) is 4.99 Å². The molecule has 2 saturated heterocycles. The van der Waals surface area contributed by atoms with Crippen LogP contribution in [0.5, 0.6) is 0 Å². The van der Waals surface area contributed by atoms with E-state index in [1.807, 2.05) is 11.3 Å². The van der Waals surface area contributed by atoms with Gasteiger partial charge in [-0.3, -0.25) is 9.89 Å². The molecule has 3 rings (SSSR count). The Bertz CT molecular complexity index is 597. The Morgan fingerprint density at radius 1 is 1.03 bits per heavy atom. The van der Waals surface area contributed by atoms with Crippen LogP contribution < -0.4 is 10.6 Å². The van der Waals surface area contributed by atoms with Crippen molar-refractivity contribution < 1.29 is 0 Å². The van der Waals surface area contributed by atoms with Gasteiger partial charge in [-0.05, 0) is 70.2 Å². The topological polar surface area (TPSA) is 46.1 Å². The first kappa shape index (κ1) is 26.8. The van der Waals surface area contributed by atoms with Crippen molar-refractivity contribution in [1.82, 2.24) is 25.3 Å². The van der Waals surface area contributed by atoms with Crippen LogP contribution in [0.4, 0.5) is 0 Å². The maximum atomic E-state index is 4.96. The Morgan fingerprint density at radius 3 is 2.42 bits per heavy atom. The van der Waals surface area contributed by atoms with Gasteiger partial charge in [0.05, 0.1) is 12.6 Å². The Hall–Kier alpha value is -0.420. The molecule has 2 aliphatic heterocycles. The SMILES string of the molecule is CCNC(=NCC(c1cccs1)N1CCCC1)NCCCCN1CCN(CC)CC1.I. The second kappa shape index (κ2) is 15.4. The lowest BCUT2D eigenvalue weighted by Crippen LogP contribution is -2.46. The molecular formula is C23H43IN6S. The quantitative estimate of drug-likeness (QED) is 0.187. The summed E-state index contributed by atoms with van der Waals surface area (Å²) >= 11 is 1.86. The number of likely N-dealkylation sites (N-methyl/N-ethyl adjacent to an activating group) is 1. The molecule has 1 unspecified atom stereocenters. The number of nitrogens with one attached hydrogen (secondary N) is 2. The Labute approximate surface area is 210 Å². The number of hydrogen-bond donors (Lipinski definition) is 2. The fourth-order valence-corrected chi connectivity index (χ4v) is 5.29. The molecule has 0 spiro atoms. The molecule has 6 nitrogen and oxygen atoms in total. The average Bonchev–Trinajstić information content (AvgIpc) is 3.49. The average molecular weight is 563 g/mol. The van der Waals surface area contributed by atoms with Gasteiger partial charge in [0.25, 0.3) is 0 Å². The number of guanidine groups is 1. The number of rotatable bonds is 11. The van der Waals surface area contributed by atoms with Crippen LogP contribution in [0.25, 0.3) is 0 Å². The van der Waals surface area contributed by atoms with Crippen LogP contribution in [0.2, 0.25) is 0 Å². The molecule has 1 atom stereocenters. The third-order valence-corrected chi connectivity index (χ3v) is 7.30. The van der Waals surface area contributed by atoms with Gasteiger partial charge in [0, 0.05) is 44.1 Å². The molecular weight excluding hydrogens is 519 g/mol. The Balaban J connectivity index is 0.00000341. The molecule has 1 aromatic rings. The fourth-order valence-electron chi connectivity index (χ4n) is 4.44. The summed E-state index contributed by atoms with van der Waals surface area (Å²) in [5.41, 5.74) is 0. The van der Waals surface area contributed by atoms with Gasteiger partial charge in [0.2, 0.25) is 0 Å². The molecule has 1 aromatic heterocycles. The molecule has 0 amide bonds. The lowest BCUT2D eigenvalue weighted by molar-refractivity contribution is 0.136. The van der Waals surface area contributed by atoms with Crippen LogP contribution in [0.15, 0.2) is 22.5 Å². The lowest BCUT2D eigenvalue weighted by Gasteiger charge is -2.34. The van der Waals surface area contributed by atoms with Crippen LogP contribution in [-0.2, 0) is 0 Å². The standard InChI is InChI=1S/C23H42N6S.HI/c1-3-24-23(25-11-5-6-12-28-17-15-27(4-2)16-18-28)26-20-21(22-10-9-19-30-22)29-13-7-8-14-29;/h9-10,19,21H,3-8,11-18,20H2,1-2H3,(H2,24,25,26);1H. The monoisotopic (exact) mass is 562 g/mol. The zero-order valence-corrected chi connectivity index (χ0v) is 22.7. The van der Waals surface area contributed by atoms with Crippen molar-refractivity contribution in [2.45, 2.75) is 45.6 Å². The summed E-state index contributed by atoms with van der Waals surface area (Å²) in [6.07, 6.45) is 5.08. The molecule has 0 aliphatic carbocycles. The second-order valence-corrected chi connectivity index (χ2v) is 9.38. The van der Waals surface area contributed by atoms with Crippen LogP contribution in [0.1, 0.15) is 50.4 Å². The van der Waals surface area contributed by atoms with Gasteiger partial charge < -0.3 is 20.4 Å². The Morgan fingerprint density at radius 2 is 1.77 bits per heavy atom. The fraction of sp³-hybridized carbons (Fsp3) is 0.783. The van der Waals surface area contributed by atoms with E-state index in [-0.39, 0.29) is 24.0 Å². The van der Waals surface area contributed by atoms with E-state index in [1.54, 1.807) is 0 Å². The molecule has 0 saturated carbocycles. The van der Waals surface area contributed by atoms with Crippen molar-refractivity contribution in [3.63, 3.8) is 0 Å². The summed E-state index contributed by atoms with van der Waals surface area (Å²) in [7, 11) is 0. The van der Waals surface area contributed by atoms with Crippen LogP contribution in [0, 0.1) is 0 Å². The van der Waals surface area contributed by atoms with Crippen LogP contribution in [-0.4, -0.2) is 92.7 Å². The predicted octanol–water partition coefficient (Wildman–Crippen LogP) is 3.48. The van der Waals surface area contributed by atoms with Gasteiger partial charge in [0.1, 0.15) is 0 Å². The number of thiophene rings is 1. The van der Waals surface area contributed by atoms with Gasteiger partial charge >= 0.3 is 0 Å². The van der Waals surface area contributed by atoms with Crippen LogP contribution in [0.3, 0.4) is 0 Å². The highest BCUT2D eigenvalue weighted by molar-refractivity contribution is 14.0. The molecule has 8 heteroatoms. The van der Waals surface area contributed by atoms with E-state index in [0.29, 0.717) is 6.04 Å². The molecule has 178 valence electrons. The maximum Gasteiger partial charge on any atom is 0.191 e. The van der Waals surface area contributed by atoms with Crippen molar-refractivity contribution in [1.29, 1.82) is 0 Å². The van der Waals surface area contributed by atoms with Gasteiger partial charge in [-0.25, -0.2) is 0 Å². The summed E-state index contributed by atoms with van der Waals surface area (Å²) in [5.74, 6) is 0.967.